The van der Waals surface area contributed by atoms with E-state index in [9.17, 15) is 0 Å². The van der Waals surface area contributed by atoms with Gasteiger partial charge in [0.15, 0.2) is 0 Å². The maximum absolute atomic E-state index is 9.12. The fraction of sp³-hybridized carbons (Fsp3) is 1.00. The average molecular weight is 133 g/mol. The molecule has 0 aromatic carbocycles. The van der Waals surface area contributed by atoms with Crippen LogP contribution in [0.15, 0.2) is 0 Å². The van der Waals surface area contributed by atoms with E-state index in [1.54, 1.807) is 13.8 Å². The van der Waals surface area contributed by atoms with Crippen molar-refractivity contribution in [1.82, 2.24) is 0 Å². The Balaban J connectivity index is 3.80. The van der Waals surface area contributed by atoms with Crippen LogP contribution in [0.3, 0.4) is 0 Å². The average Bonchev–Trinajstić information content (AvgIpc) is 1.86. The van der Waals surface area contributed by atoms with Crippen molar-refractivity contribution in [3.8, 4) is 0 Å². The molecule has 3 nitrogen and oxygen atoms in total. The molecule has 0 rings (SSSR count). The van der Waals surface area contributed by atoms with Gasteiger partial charge >= 0.3 is 0 Å². The molecule has 2 atom stereocenters. The third-order valence-corrected chi connectivity index (χ3v) is 1.53. The van der Waals surface area contributed by atoms with Crippen molar-refractivity contribution < 1.29 is 10.2 Å². The summed E-state index contributed by atoms with van der Waals surface area (Å²) in [7, 11) is 0. The monoisotopic (exact) mass is 133 g/mol. The summed E-state index contributed by atoms with van der Waals surface area (Å²) in [5.41, 5.74) is 3.88. The second-order valence-electron chi connectivity index (χ2n) is 2.27. The fourth-order valence-electron chi connectivity index (χ4n) is 0.589. The molecular formula is C6H15NO2. The van der Waals surface area contributed by atoms with Crippen LogP contribution >= 0.6 is 0 Å². The number of hydrogen-bond donors (Lipinski definition) is 3. The van der Waals surface area contributed by atoms with E-state index < -0.39 is 11.8 Å². The van der Waals surface area contributed by atoms with Gasteiger partial charge in [-0.2, -0.15) is 0 Å². The number of aliphatic hydroxyl groups excluding tert-OH is 1. The highest BCUT2D eigenvalue weighted by Gasteiger charge is 2.26. The Morgan fingerprint density at radius 2 is 2.00 bits per heavy atom. The third kappa shape index (κ3) is 2.30. The van der Waals surface area contributed by atoms with Crippen LogP contribution in [0.25, 0.3) is 0 Å². The number of hydrogen-bond acceptors (Lipinski definition) is 3. The van der Waals surface area contributed by atoms with Gasteiger partial charge in [0.25, 0.3) is 0 Å². The van der Waals surface area contributed by atoms with Crippen molar-refractivity contribution in [3.05, 3.63) is 0 Å². The summed E-state index contributed by atoms with van der Waals surface area (Å²) in [6.45, 7) is 3.51. The van der Waals surface area contributed by atoms with Crippen molar-refractivity contribution in [2.45, 2.75) is 38.5 Å². The van der Waals surface area contributed by atoms with Gasteiger partial charge in [0, 0.05) is 0 Å². The highest BCUT2D eigenvalue weighted by molar-refractivity contribution is 4.76. The van der Waals surface area contributed by atoms with E-state index in [-0.39, 0.29) is 0 Å². The molecule has 3 heteroatoms. The van der Waals surface area contributed by atoms with Crippen LogP contribution < -0.4 is 5.73 Å². The highest BCUT2D eigenvalue weighted by Crippen LogP contribution is 2.09. The summed E-state index contributed by atoms with van der Waals surface area (Å²) in [6.07, 6.45) is 0.0607. The molecule has 0 aliphatic heterocycles. The lowest BCUT2D eigenvalue weighted by atomic mass is 10.0. The minimum absolute atomic E-state index is 0.377. The Morgan fingerprint density at radius 1 is 1.56 bits per heavy atom. The summed E-state index contributed by atoms with van der Waals surface area (Å²) < 4.78 is 0. The lowest BCUT2D eigenvalue weighted by molar-refractivity contribution is -0.0740. The third-order valence-electron chi connectivity index (χ3n) is 1.53. The lowest BCUT2D eigenvalue weighted by Gasteiger charge is -2.26. The normalized spacial score (nSPS) is 21.0. The molecule has 0 saturated heterocycles. The molecule has 2 unspecified atom stereocenters. The first-order chi connectivity index (χ1) is 4.04. The van der Waals surface area contributed by atoms with Crippen LogP contribution in [0.5, 0.6) is 0 Å². The van der Waals surface area contributed by atoms with Crippen molar-refractivity contribution in [3.63, 3.8) is 0 Å². The van der Waals surface area contributed by atoms with Crippen LogP contribution in [-0.4, -0.2) is 22.0 Å². The first-order valence-corrected chi connectivity index (χ1v) is 3.24. The molecule has 56 valence electrons. The van der Waals surface area contributed by atoms with Crippen LogP contribution in [0.1, 0.15) is 26.7 Å². The Kier molecular flexibility index (Phi) is 3.11. The van der Waals surface area contributed by atoms with Gasteiger partial charge in [0.05, 0.1) is 6.10 Å². The largest absolute Gasteiger partial charge is 0.389 e. The SMILES string of the molecule is CCC(O)C(N)(O)CC. The number of nitrogens with two attached hydrogens (primary N) is 1. The van der Waals surface area contributed by atoms with E-state index in [0.29, 0.717) is 12.8 Å². The Hall–Kier alpha value is -0.120. The summed E-state index contributed by atoms with van der Waals surface area (Å²) >= 11 is 0. The predicted octanol–water partition coefficient (Wildman–Crippen LogP) is -0.185. The molecule has 4 N–H and O–H groups in total. The van der Waals surface area contributed by atoms with E-state index in [1.807, 2.05) is 0 Å². The van der Waals surface area contributed by atoms with Crippen molar-refractivity contribution in [2.24, 2.45) is 5.73 Å². The highest BCUT2D eigenvalue weighted by atomic mass is 16.4. The van der Waals surface area contributed by atoms with E-state index in [2.05, 4.69) is 0 Å². The van der Waals surface area contributed by atoms with Crippen LogP contribution in [0.4, 0.5) is 0 Å². The molecule has 9 heavy (non-hydrogen) atoms. The summed E-state index contributed by atoms with van der Waals surface area (Å²) in [5, 5.41) is 18.1. The quantitative estimate of drug-likeness (QED) is 0.468. The van der Waals surface area contributed by atoms with Crippen LogP contribution in [0.2, 0.25) is 0 Å². The van der Waals surface area contributed by atoms with Crippen LogP contribution in [0, 0.1) is 0 Å². The predicted molar refractivity (Wildman–Crippen MR) is 35.7 cm³/mol. The van der Waals surface area contributed by atoms with Gasteiger partial charge < -0.3 is 15.9 Å². The Morgan fingerprint density at radius 3 is 2.11 bits per heavy atom. The van der Waals surface area contributed by atoms with Crippen LogP contribution in [-0.2, 0) is 0 Å². The molecule has 0 saturated carbocycles. The molecular weight excluding hydrogens is 118 g/mol. The molecule has 0 aliphatic carbocycles. The zero-order valence-corrected chi connectivity index (χ0v) is 5.96. The first-order valence-electron chi connectivity index (χ1n) is 3.24. The maximum Gasteiger partial charge on any atom is 0.139 e. The summed E-state index contributed by atoms with van der Waals surface area (Å²) in [6, 6.07) is 0. The molecule has 0 aliphatic rings. The lowest BCUT2D eigenvalue weighted by Crippen LogP contribution is -2.49. The molecule has 0 radical (unpaired) electrons. The van der Waals surface area contributed by atoms with Gasteiger partial charge in [-0.15, -0.1) is 0 Å². The second kappa shape index (κ2) is 3.15. The van der Waals surface area contributed by atoms with Gasteiger partial charge in [0.2, 0.25) is 0 Å². The molecule has 0 amide bonds. The van der Waals surface area contributed by atoms with E-state index in [4.69, 9.17) is 15.9 Å². The van der Waals surface area contributed by atoms with Crippen molar-refractivity contribution in [1.29, 1.82) is 0 Å². The molecule has 0 aromatic rings. The van der Waals surface area contributed by atoms with Gasteiger partial charge in [-0.3, -0.25) is 0 Å². The topological polar surface area (TPSA) is 66.5 Å². The standard InChI is InChI=1S/C6H15NO2/c1-3-5(8)6(7,9)4-2/h5,8-9H,3-4,7H2,1-2H3. The molecule has 0 spiro atoms. The molecule has 0 bridgehead atoms. The molecule has 0 fully saturated rings. The van der Waals surface area contributed by atoms with E-state index >= 15 is 0 Å². The zero-order valence-electron chi connectivity index (χ0n) is 5.96. The van der Waals surface area contributed by atoms with Gasteiger partial charge in [-0.05, 0) is 12.8 Å². The number of rotatable bonds is 3. The zero-order chi connectivity index (χ0) is 7.49. The smallest absolute Gasteiger partial charge is 0.139 e. The van der Waals surface area contributed by atoms with Gasteiger partial charge in [-0.1, -0.05) is 13.8 Å². The first kappa shape index (κ1) is 8.88. The van der Waals surface area contributed by atoms with Crippen molar-refractivity contribution >= 4 is 0 Å². The molecule has 0 heterocycles. The second-order valence-corrected chi connectivity index (χ2v) is 2.27. The van der Waals surface area contributed by atoms with E-state index in [1.165, 1.54) is 0 Å². The Bertz CT molecular complexity index is 83.1. The molecule has 0 aromatic heterocycles. The maximum atomic E-state index is 9.12. The van der Waals surface area contributed by atoms with Gasteiger partial charge in [0.1, 0.15) is 5.72 Å². The number of aliphatic hydroxyl groups is 2. The van der Waals surface area contributed by atoms with Crippen molar-refractivity contribution in [2.75, 3.05) is 0 Å². The van der Waals surface area contributed by atoms with Gasteiger partial charge in [-0.25, -0.2) is 0 Å². The summed E-state index contributed by atoms with van der Waals surface area (Å²) in [4.78, 5) is 0. The minimum Gasteiger partial charge on any atom is -0.389 e. The van der Waals surface area contributed by atoms with E-state index in [0.717, 1.165) is 0 Å². The summed E-state index contributed by atoms with van der Waals surface area (Å²) in [5.74, 6) is 0. The minimum atomic E-state index is -1.39. The fourth-order valence-corrected chi connectivity index (χ4v) is 0.589. The Labute approximate surface area is 55.5 Å².